The highest BCUT2D eigenvalue weighted by atomic mass is 16.2. The van der Waals surface area contributed by atoms with Gasteiger partial charge in [-0.25, -0.2) is 0 Å². The molecule has 0 fully saturated rings. The summed E-state index contributed by atoms with van der Waals surface area (Å²) in [6, 6.07) is 8.39. The lowest BCUT2D eigenvalue weighted by atomic mass is 10.1. The number of aromatic nitrogens is 2. The molecule has 0 aliphatic carbocycles. The third-order valence-corrected chi connectivity index (χ3v) is 3.52. The Balaban J connectivity index is 2.03. The van der Waals surface area contributed by atoms with Crippen LogP contribution in [0.15, 0.2) is 30.5 Å². The summed E-state index contributed by atoms with van der Waals surface area (Å²) < 4.78 is 1.88. The van der Waals surface area contributed by atoms with E-state index in [9.17, 15) is 0 Å². The summed E-state index contributed by atoms with van der Waals surface area (Å²) in [4.78, 5) is 0. The molecule has 2 rings (SSSR count). The van der Waals surface area contributed by atoms with Gasteiger partial charge in [0, 0.05) is 37.6 Å². The zero-order valence-corrected chi connectivity index (χ0v) is 13.1. The van der Waals surface area contributed by atoms with E-state index in [0.29, 0.717) is 5.92 Å². The number of nitrogens with one attached hydrogen (secondary N) is 1. The van der Waals surface area contributed by atoms with Gasteiger partial charge in [-0.05, 0) is 36.5 Å². The van der Waals surface area contributed by atoms with Gasteiger partial charge in [0.15, 0.2) is 0 Å². The molecule has 0 aliphatic heterocycles. The van der Waals surface area contributed by atoms with Crippen LogP contribution in [0, 0.1) is 0 Å². The Bertz CT molecular complexity index is 575. The number of aliphatic hydroxyl groups is 1. The van der Waals surface area contributed by atoms with Crippen molar-refractivity contribution < 1.29 is 5.11 Å². The van der Waals surface area contributed by atoms with E-state index >= 15 is 0 Å². The largest absolute Gasteiger partial charge is 0.396 e. The van der Waals surface area contributed by atoms with E-state index in [2.05, 4.69) is 54.7 Å². The number of nitrogens with zero attached hydrogens (tertiary/aromatic N) is 2. The summed E-state index contributed by atoms with van der Waals surface area (Å²) in [6.45, 7) is 5.36. The Morgan fingerprint density at radius 1 is 1.33 bits per heavy atom. The van der Waals surface area contributed by atoms with Gasteiger partial charge in [0.1, 0.15) is 0 Å². The first-order valence-electron chi connectivity index (χ1n) is 7.56. The van der Waals surface area contributed by atoms with Crippen LogP contribution in [0.25, 0.3) is 0 Å². The number of anilines is 1. The molecule has 114 valence electrons. The van der Waals surface area contributed by atoms with Crippen molar-refractivity contribution in [2.45, 2.75) is 39.2 Å². The number of benzene rings is 1. The van der Waals surface area contributed by atoms with Crippen LogP contribution in [-0.2, 0) is 20.0 Å². The quantitative estimate of drug-likeness (QED) is 0.823. The van der Waals surface area contributed by atoms with Crippen LogP contribution in [0.1, 0.15) is 43.0 Å². The fourth-order valence-corrected chi connectivity index (χ4v) is 2.49. The normalized spacial score (nSPS) is 11.1. The zero-order chi connectivity index (χ0) is 15.2. The first-order chi connectivity index (χ1) is 10.1. The highest BCUT2D eigenvalue weighted by Gasteiger charge is 2.10. The SMILES string of the molecule is CC(C)c1nn(C)cc1CNc1cccc(CCCO)c1. The Morgan fingerprint density at radius 2 is 2.14 bits per heavy atom. The summed E-state index contributed by atoms with van der Waals surface area (Å²) in [5, 5.41) is 16.9. The Kier molecular flexibility index (Phi) is 5.39. The Hall–Kier alpha value is -1.81. The molecular formula is C17H25N3O. The first-order valence-corrected chi connectivity index (χ1v) is 7.56. The molecule has 0 saturated carbocycles. The molecule has 0 atom stereocenters. The number of aryl methyl sites for hydroxylation is 2. The smallest absolute Gasteiger partial charge is 0.0699 e. The maximum Gasteiger partial charge on any atom is 0.0699 e. The van der Waals surface area contributed by atoms with Crippen molar-refractivity contribution in [3.05, 3.63) is 47.3 Å². The topological polar surface area (TPSA) is 50.1 Å². The summed E-state index contributed by atoms with van der Waals surface area (Å²) in [5.74, 6) is 0.430. The van der Waals surface area contributed by atoms with Crippen molar-refractivity contribution >= 4 is 5.69 Å². The average Bonchev–Trinajstić information content (AvgIpc) is 2.85. The van der Waals surface area contributed by atoms with Crippen LogP contribution in [0.5, 0.6) is 0 Å². The molecule has 0 spiro atoms. The van der Waals surface area contributed by atoms with E-state index in [4.69, 9.17) is 5.11 Å². The fourth-order valence-electron chi connectivity index (χ4n) is 2.49. The zero-order valence-electron chi connectivity index (χ0n) is 13.1. The second-order valence-corrected chi connectivity index (χ2v) is 5.75. The van der Waals surface area contributed by atoms with E-state index in [0.717, 1.165) is 30.8 Å². The monoisotopic (exact) mass is 287 g/mol. The van der Waals surface area contributed by atoms with Gasteiger partial charge >= 0.3 is 0 Å². The van der Waals surface area contributed by atoms with Gasteiger partial charge < -0.3 is 10.4 Å². The minimum absolute atomic E-state index is 0.241. The molecule has 4 heteroatoms. The number of hydrogen-bond acceptors (Lipinski definition) is 3. The first kappa shape index (κ1) is 15.6. The molecular weight excluding hydrogens is 262 g/mol. The highest BCUT2D eigenvalue weighted by Crippen LogP contribution is 2.19. The molecule has 0 bridgehead atoms. The second kappa shape index (κ2) is 7.27. The summed E-state index contributed by atoms with van der Waals surface area (Å²) in [6.07, 6.45) is 3.80. The summed E-state index contributed by atoms with van der Waals surface area (Å²) >= 11 is 0. The van der Waals surface area contributed by atoms with Crippen LogP contribution in [0.3, 0.4) is 0 Å². The highest BCUT2D eigenvalue weighted by molar-refractivity contribution is 5.46. The number of rotatable bonds is 7. The van der Waals surface area contributed by atoms with Gasteiger partial charge in [-0.2, -0.15) is 5.10 Å². The van der Waals surface area contributed by atoms with Crippen molar-refractivity contribution in [1.82, 2.24) is 9.78 Å². The van der Waals surface area contributed by atoms with E-state index in [1.54, 1.807) is 0 Å². The molecule has 0 amide bonds. The van der Waals surface area contributed by atoms with Gasteiger partial charge in [0.05, 0.1) is 5.69 Å². The molecule has 21 heavy (non-hydrogen) atoms. The molecule has 1 aromatic heterocycles. The molecule has 2 aromatic rings. The molecule has 0 unspecified atom stereocenters. The molecule has 2 N–H and O–H groups in total. The molecule has 0 saturated heterocycles. The number of hydrogen-bond donors (Lipinski definition) is 2. The van der Waals surface area contributed by atoms with Crippen LogP contribution < -0.4 is 5.32 Å². The predicted molar refractivity (Wildman–Crippen MR) is 86.5 cm³/mol. The van der Waals surface area contributed by atoms with E-state index in [1.807, 2.05) is 11.7 Å². The Labute approximate surface area is 126 Å². The van der Waals surface area contributed by atoms with E-state index in [1.165, 1.54) is 11.1 Å². The van der Waals surface area contributed by atoms with E-state index < -0.39 is 0 Å². The molecule has 1 aromatic carbocycles. The van der Waals surface area contributed by atoms with Gasteiger partial charge in [0.2, 0.25) is 0 Å². The lowest BCUT2D eigenvalue weighted by Crippen LogP contribution is -2.03. The van der Waals surface area contributed by atoms with Crippen molar-refractivity contribution in [3.8, 4) is 0 Å². The second-order valence-electron chi connectivity index (χ2n) is 5.75. The van der Waals surface area contributed by atoms with Gasteiger partial charge in [-0.3, -0.25) is 4.68 Å². The maximum atomic E-state index is 8.91. The molecule has 4 nitrogen and oxygen atoms in total. The van der Waals surface area contributed by atoms with Gasteiger partial charge in [-0.1, -0.05) is 26.0 Å². The minimum atomic E-state index is 0.241. The van der Waals surface area contributed by atoms with E-state index in [-0.39, 0.29) is 6.61 Å². The van der Waals surface area contributed by atoms with Crippen molar-refractivity contribution in [2.24, 2.45) is 7.05 Å². The van der Waals surface area contributed by atoms with Crippen LogP contribution in [0.2, 0.25) is 0 Å². The number of aliphatic hydroxyl groups excluding tert-OH is 1. The maximum absolute atomic E-state index is 8.91. The van der Waals surface area contributed by atoms with Gasteiger partial charge in [-0.15, -0.1) is 0 Å². The third kappa shape index (κ3) is 4.33. The lowest BCUT2D eigenvalue weighted by Gasteiger charge is -2.09. The van der Waals surface area contributed by atoms with Crippen molar-refractivity contribution in [2.75, 3.05) is 11.9 Å². The fraction of sp³-hybridized carbons (Fsp3) is 0.471. The predicted octanol–water partition coefficient (Wildman–Crippen LogP) is 3.08. The standard InChI is InChI=1S/C17H25N3O/c1-13(2)17-15(12-20(3)19-17)11-18-16-8-4-6-14(10-16)7-5-9-21/h4,6,8,10,12-13,18,21H,5,7,9,11H2,1-3H3. The van der Waals surface area contributed by atoms with Crippen molar-refractivity contribution in [1.29, 1.82) is 0 Å². The van der Waals surface area contributed by atoms with Gasteiger partial charge in [0.25, 0.3) is 0 Å². The molecule has 0 radical (unpaired) electrons. The molecule has 0 aliphatic rings. The summed E-state index contributed by atoms with van der Waals surface area (Å²) in [5.41, 5.74) is 4.77. The Morgan fingerprint density at radius 3 is 2.86 bits per heavy atom. The van der Waals surface area contributed by atoms with Crippen molar-refractivity contribution in [3.63, 3.8) is 0 Å². The lowest BCUT2D eigenvalue weighted by molar-refractivity contribution is 0.288. The van der Waals surface area contributed by atoms with Crippen LogP contribution in [0.4, 0.5) is 5.69 Å². The third-order valence-electron chi connectivity index (χ3n) is 3.52. The minimum Gasteiger partial charge on any atom is -0.396 e. The summed E-state index contributed by atoms with van der Waals surface area (Å²) in [7, 11) is 1.96. The average molecular weight is 287 g/mol. The van der Waals surface area contributed by atoms with Crippen LogP contribution in [-0.4, -0.2) is 21.5 Å². The molecule has 1 heterocycles. The van der Waals surface area contributed by atoms with Crippen LogP contribution >= 0.6 is 0 Å².